The molecule has 1 aromatic rings. The van der Waals surface area contributed by atoms with Crippen LogP contribution >= 0.6 is 24.0 Å². The van der Waals surface area contributed by atoms with E-state index < -0.39 is 24.7 Å². The van der Waals surface area contributed by atoms with E-state index in [1.165, 1.54) is 19.1 Å². The third-order valence-electron chi connectivity index (χ3n) is 2.69. The van der Waals surface area contributed by atoms with Gasteiger partial charge in [-0.2, -0.15) is 0 Å². The molecule has 19 heavy (non-hydrogen) atoms. The van der Waals surface area contributed by atoms with Crippen LogP contribution in [0.5, 0.6) is 5.75 Å². The van der Waals surface area contributed by atoms with E-state index in [4.69, 9.17) is 11.6 Å². The normalized spacial score (nSPS) is 21.1. The van der Waals surface area contributed by atoms with Gasteiger partial charge in [0.2, 0.25) is 0 Å². The molecule has 1 amide bonds. The lowest BCUT2D eigenvalue weighted by atomic mass is 9.97. The van der Waals surface area contributed by atoms with E-state index in [1.807, 2.05) is 5.32 Å². The number of nitrogens with one attached hydrogen (secondary N) is 1. The van der Waals surface area contributed by atoms with E-state index in [9.17, 15) is 18.7 Å². The van der Waals surface area contributed by atoms with E-state index in [0.717, 1.165) is 0 Å². The van der Waals surface area contributed by atoms with Crippen molar-refractivity contribution in [2.75, 3.05) is 6.61 Å². The molecular weight excluding hydrogens is 303 g/mol. The first-order valence-electron chi connectivity index (χ1n) is 5.11. The van der Waals surface area contributed by atoms with Crippen LogP contribution in [0.4, 0.5) is 13.6 Å². The van der Waals surface area contributed by atoms with Crippen LogP contribution in [-0.4, -0.2) is 23.7 Å². The second-order valence-electron chi connectivity index (χ2n) is 4.08. The molecule has 0 aromatic heterocycles. The number of hydrogen-bond acceptors (Lipinski definition) is 3. The van der Waals surface area contributed by atoms with Crippen LogP contribution in [0.2, 0.25) is 5.02 Å². The summed E-state index contributed by atoms with van der Waals surface area (Å²) in [5.74, 6) is -3.63. The van der Waals surface area contributed by atoms with Crippen LogP contribution in [-0.2, 0) is 4.74 Å². The summed E-state index contributed by atoms with van der Waals surface area (Å²) in [5, 5.41) is 12.0. The molecule has 1 fully saturated rings. The van der Waals surface area contributed by atoms with E-state index >= 15 is 0 Å². The van der Waals surface area contributed by atoms with Gasteiger partial charge in [0.1, 0.15) is 11.8 Å². The smallest absolute Gasteiger partial charge is 0.408 e. The average Bonchev–Trinajstić information content (AvgIpc) is 2.27. The topological polar surface area (TPSA) is 58.6 Å². The Labute approximate surface area is 119 Å². The van der Waals surface area contributed by atoms with Gasteiger partial charge in [-0.05, 0) is 24.6 Å². The Morgan fingerprint density at radius 3 is 2.79 bits per heavy atom. The molecule has 0 aliphatic carbocycles. The van der Waals surface area contributed by atoms with Crippen molar-refractivity contribution >= 4 is 30.1 Å². The minimum absolute atomic E-state index is 0. The number of amides is 1. The zero-order chi connectivity index (χ0) is 13.5. The number of ether oxygens (including phenoxy) is 1. The lowest BCUT2D eigenvalue weighted by Gasteiger charge is -2.32. The van der Waals surface area contributed by atoms with Crippen molar-refractivity contribution in [1.82, 2.24) is 5.32 Å². The van der Waals surface area contributed by atoms with Gasteiger partial charge in [-0.15, -0.1) is 12.4 Å². The largest absolute Gasteiger partial charge is 0.507 e. The van der Waals surface area contributed by atoms with Gasteiger partial charge in [0.15, 0.2) is 6.61 Å². The van der Waals surface area contributed by atoms with Gasteiger partial charge >= 0.3 is 12.0 Å². The van der Waals surface area contributed by atoms with Crippen LogP contribution in [0, 0.1) is 6.92 Å². The molecule has 0 saturated carbocycles. The predicted molar refractivity (Wildman–Crippen MR) is 67.3 cm³/mol. The average molecular weight is 314 g/mol. The molecule has 0 unspecified atom stereocenters. The van der Waals surface area contributed by atoms with E-state index in [0.29, 0.717) is 5.56 Å². The van der Waals surface area contributed by atoms with Crippen molar-refractivity contribution in [3.05, 3.63) is 28.3 Å². The molecule has 8 heteroatoms. The van der Waals surface area contributed by atoms with Crippen LogP contribution in [0.25, 0.3) is 0 Å². The summed E-state index contributed by atoms with van der Waals surface area (Å²) in [6.07, 6.45) is -0.956. The van der Waals surface area contributed by atoms with Crippen molar-refractivity contribution in [2.24, 2.45) is 0 Å². The summed E-state index contributed by atoms with van der Waals surface area (Å²) in [6, 6.07) is 0.990. The van der Waals surface area contributed by atoms with Crippen molar-refractivity contribution < 1.29 is 23.4 Å². The highest BCUT2D eigenvalue weighted by Gasteiger charge is 2.48. The molecule has 2 rings (SSSR count). The van der Waals surface area contributed by atoms with Crippen LogP contribution in [0.3, 0.4) is 0 Å². The number of aryl methyl sites for hydroxylation is 1. The van der Waals surface area contributed by atoms with Gasteiger partial charge in [-0.3, -0.25) is 0 Å². The number of carbonyl (C=O) groups excluding carboxylic acids is 1. The van der Waals surface area contributed by atoms with Gasteiger partial charge in [-0.25, -0.2) is 13.6 Å². The fourth-order valence-electron chi connectivity index (χ4n) is 1.80. The third kappa shape index (κ3) is 3.01. The molecule has 1 aromatic carbocycles. The predicted octanol–water partition coefficient (Wildman–Crippen LogP) is 3.19. The fourth-order valence-corrected chi connectivity index (χ4v) is 2.08. The lowest BCUT2D eigenvalue weighted by molar-refractivity contribution is -0.104. The second kappa shape index (κ2) is 5.38. The molecule has 1 atom stereocenters. The second-order valence-corrected chi connectivity index (χ2v) is 4.51. The van der Waals surface area contributed by atoms with Crippen molar-refractivity contribution in [1.29, 1.82) is 0 Å². The molecule has 0 spiro atoms. The maximum Gasteiger partial charge on any atom is 0.408 e. The van der Waals surface area contributed by atoms with Crippen LogP contribution < -0.4 is 5.32 Å². The number of aromatic hydroxyl groups is 1. The zero-order valence-corrected chi connectivity index (χ0v) is 11.3. The Bertz CT molecular complexity index is 511. The molecule has 1 heterocycles. The van der Waals surface area contributed by atoms with Crippen LogP contribution in [0.1, 0.15) is 17.2 Å². The lowest BCUT2D eigenvalue weighted by Crippen LogP contribution is -2.49. The molecular formula is C11H11Cl2F2NO3. The molecule has 0 bridgehead atoms. The quantitative estimate of drug-likeness (QED) is 0.837. The summed E-state index contributed by atoms with van der Waals surface area (Å²) in [6.45, 7) is 0.499. The van der Waals surface area contributed by atoms with E-state index in [1.54, 1.807) is 0 Å². The van der Waals surface area contributed by atoms with Gasteiger partial charge < -0.3 is 15.2 Å². The monoisotopic (exact) mass is 313 g/mol. The highest BCUT2D eigenvalue weighted by atomic mass is 35.5. The Morgan fingerprint density at radius 1 is 1.53 bits per heavy atom. The number of phenols is 1. The number of alkyl halides is 2. The maximum absolute atomic E-state index is 13.7. The first-order valence-corrected chi connectivity index (χ1v) is 5.49. The minimum Gasteiger partial charge on any atom is -0.507 e. The maximum atomic E-state index is 13.7. The summed E-state index contributed by atoms with van der Waals surface area (Å²) in [4.78, 5) is 11.0. The summed E-state index contributed by atoms with van der Waals surface area (Å²) in [7, 11) is 0. The van der Waals surface area contributed by atoms with E-state index in [-0.39, 0.29) is 28.7 Å². The SMILES string of the molecule is Cc1cc(Cl)cc([C@@H]2NC(=O)OCC2(F)F)c1O.Cl. The number of cyclic esters (lactones) is 1. The number of phenolic OH excluding ortho intramolecular Hbond substituents is 1. The standard InChI is InChI=1S/C11H10ClF2NO3.ClH/c1-5-2-6(12)3-7(8(5)16)9-11(13,14)4-18-10(17)15-9;/h2-3,9,16H,4H2,1H3,(H,15,17);1H/t9-;/m0./s1. The number of benzene rings is 1. The van der Waals surface area contributed by atoms with Gasteiger partial charge in [0.25, 0.3) is 0 Å². The van der Waals surface area contributed by atoms with Gasteiger partial charge in [0.05, 0.1) is 0 Å². The van der Waals surface area contributed by atoms with Crippen molar-refractivity contribution in [3.8, 4) is 5.75 Å². The highest BCUT2D eigenvalue weighted by Crippen LogP contribution is 2.40. The van der Waals surface area contributed by atoms with Crippen molar-refractivity contribution in [3.63, 3.8) is 0 Å². The Kier molecular flexibility index (Phi) is 4.47. The number of rotatable bonds is 1. The molecule has 4 nitrogen and oxygen atoms in total. The number of carbonyl (C=O) groups is 1. The molecule has 2 N–H and O–H groups in total. The summed E-state index contributed by atoms with van der Waals surface area (Å²) in [5.41, 5.74) is 0.232. The van der Waals surface area contributed by atoms with Gasteiger partial charge in [0, 0.05) is 10.6 Å². The number of alkyl carbamates (subject to hydrolysis) is 1. The number of hydrogen-bond donors (Lipinski definition) is 2. The summed E-state index contributed by atoms with van der Waals surface area (Å²) >= 11 is 5.77. The first-order chi connectivity index (χ1) is 8.31. The Morgan fingerprint density at radius 2 is 2.16 bits per heavy atom. The summed E-state index contributed by atoms with van der Waals surface area (Å²) < 4.78 is 31.6. The minimum atomic E-state index is -3.32. The van der Waals surface area contributed by atoms with E-state index in [2.05, 4.69) is 4.74 Å². The van der Waals surface area contributed by atoms with Gasteiger partial charge in [-0.1, -0.05) is 11.6 Å². The molecule has 0 radical (unpaired) electrons. The third-order valence-corrected chi connectivity index (χ3v) is 2.90. The highest BCUT2D eigenvalue weighted by molar-refractivity contribution is 6.30. The Balaban J connectivity index is 0.00000180. The Hall–Kier alpha value is -1.27. The molecule has 1 aliphatic rings. The molecule has 106 valence electrons. The van der Waals surface area contributed by atoms with Crippen LogP contribution in [0.15, 0.2) is 12.1 Å². The molecule has 1 saturated heterocycles. The molecule has 1 aliphatic heterocycles. The first kappa shape index (κ1) is 15.8. The fraction of sp³-hybridized carbons (Fsp3) is 0.364. The van der Waals surface area contributed by atoms with Crippen molar-refractivity contribution in [2.45, 2.75) is 18.9 Å². The number of halogens is 4. The zero-order valence-electron chi connectivity index (χ0n) is 9.75.